The fraction of sp³-hybridized carbons (Fsp3) is 0.308. The van der Waals surface area contributed by atoms with Crippen molar-refractivity contribution in [3.63, 3.8) is 0 Å². The van der Waals surface area contributed by atoms with Crippen LogP contribution in [0.3, 0.4) is 0 Å². The number of benzene rings is 2. The van der Waals surface area contributed by atoms with Gasteiger partial charge in [0.15, 0.2) is 5.84 Å². The Hall–Kier alpha value is -3.61. The number of amidine groups is 1. The maximum Gasteiger partial charge on any atom is 0.237 e. The summed E-state index contributed by atoms with van der Waals surface area (Å²) in [5.74, 6) is 1.47. The minimum absolute atomic E-state index is 0.158. The zero-order chi connectivity index (χ0) is 22.6. The van der Waals surface area contributed by atoms with E-state index in [1.54, 1.807) is 19.5 Å². The molecule has 3 aromatic rings. The second-order valence-corrected chi connectivity index (χ2v) is 8.83. The molecule has 3 heterocycles. The molecule has 168 valence electrons. The summed E-state index contributed by atoms with van der Waals surface area (Å²) in [7, 11) is 1.68. The highest BCUT2D eigenvalue weighted by atomic mass is 19.1. The molecule has 0 N–H and O–H groups in total. The summed E-state index contributed by atoms with van der Waals surface area (Å²) in [4.78, 5) is 12.6. The Morgan fingerprint density at radius 2 is 2.12 bits per heavy atom. The van der Waals surface area contributed by atoms with E-state index in [0.717, 1.165) is 64.6 Å². The largest absolute Gasteiger partial charge is 0.495 e. The van der Waals surface area contributed by atoms with Gasteiger partial charge >= 0.3 is 0 Å². The summed E-state index contributed by atoms with van der Waals surface area (Å²) >= 11 is 0. The minimum atomic E-state index is -0.687. The molecule has 6 nitrogen and oxygen atoms in total. The average molecular weight is 445 g/mol. The molecule has 7 heteroatoms. The molecule has 1 atom stereocenters. The second kappa shape index (κ2) is 7.47. The molecule has 2 aromatic carbocycles. The van der Waals surface area contributed by atoms with Crippen LogP contribution in [0.4, 0.5) is 4.39 Å². The molecule has 6 rings (SSSR count). The highest BCUT2D eigenvalue weighted by molar-refractivity contribution is 6.03. The summed E-state index contributed by atoms with van der Waals surface area (Å²) in [5.41, 5.74) is 5.02. The predicted octanol–water partition coefficient (Wildman–Crippen LogP) is 4.95. The number of methoxy groups -OCH3 is 1. The molecule has 1 spiro atoms. The monoisotopic (exact) mass is 444 g/mol. The first kappa shape index (κ1) is 20.0. The number of aromatic nitrogens is 2. The minimum Gasteiger partial charge on any atom is -0.495 e. The molecule has 1 fully saturated rings. The number of hydrogen-bond acceptors (Lipinski definition) is 5. The summed E-state index contributed by atoms with van der Waals surface area (Å²) < 4.78 is 22.0. The number of nitrogens with zero attached hydrogens (tertiary/aromatic N) is 4. The normalized spacial score (nSPS) is 22.3. The van der Waals surface area contributed by atoms with Crippen molar-refractivity contribution in [2.45, 2.75) is 38.3 Å². The Morgan fingerprint density at radius 3 is 2.94 bits per heavy atom. The van der Waals surface area contributed by atoms with E-state index in [-0.39, 0.29) is 5.82 Å². The van der Waals surface area contributed by atoms with Crippen LogP contribution in [0.15, 0.2) is 59.7 Å². The predicted molar refractivity (Wildman–Crippen MR) is 124 cm³/mol. The number of halogens is 1. The lowest BCUT2D eigenvalue weighted by Gasteiger charge is -2.38. The molecule has 0 amide bonds. The van der Waals surface area contributed by atoms with Crippen molar-refractivity contribution in [1.82, 2.24) is 14.5 Å². The molecule has 0 saturated carbocycles. The quantitative estimate of drug-likeness (QED) is 0.574. The van der Waals surface area contributed by atoms with Crippen molar-refractivity contribution < 1.29 is 14.0 Å². The molecule has 0 radical (unpaired) electrons. The van der Waals surface area contributed by atoms with Gasteiger partial charge in [0.1, 0.15) is 11.6 Å². The maximum absolute atomic E-state index is 14.4. The summed E-state index contributed by atoms with van der Waals surface area (Å²) in [6, 6.07) is 11.4. The molecule has 3 aliphatic rings. The second-order valence-electron chi connectivity index (χ2n) is 8.83. The Bertz CT molecular complexity index is 1310. The molecule has 1 aliphatic carbocycles. The van der Waals surface area contributed by atoms with Gasteiger partial charge in [0.25, 0.3) is 0 Å². The zero-order valence-corrected chi connectivity index (χ0v) is 18.7. The van der Waals surface area contributed by atoms with Crippen LogP contribution in [0, 0.1) is 12.7 Å². The van der Waals surface area contributed by atoms with Crippen molar-refractivity contribution in [3.05, 3.63) is 82.7 Å². The van der Waals surface area contributed by atoms with Crippen LogP contribution in [-0.2, 0) is 17.0 Å². The van der Waals surface area contributed by atoms with E-state index in [4.69, 9.17) is 9.57 Å². The van der Waals surface area contributed by atoms with Crippen LogP contribution >= 0.6 is 0 Å². The van der Waals surface area contributed by atoms with Crippen molar-refractivity contribution in [2.24, 2.45) is 5.16 Å². The summed E-state index contributed by atoms with van der Waals surface area (Å²) in [6.07, 6.45) is 9.18. The fourth-order valence-corrected chi connectivity index (χ4v) is 5.32. The highest BCUT2D eigenvalue weighted by Gasteiger charge is 2.53. The van der Waals surface area contributed by atoms with Crippen LogP contribution in [0.1, 0.15) is 41.6 Å². The molecule has 1 saturated heterocycles. The Kier molecular flexibility index (Phi) is 4.54. The van der Waals surface area contributed by atoms with Gasteiger partial charge in [-0.3, -0.25) is 0 Å². The van der Waals surface area contributed by atoms with E-state index in [9.17, 15) is 4.39 Å². The SMILES string of the molecule is COc1cc(/C=C2\CCCN3C2=NOC32CCc3c(F)cccc32)ccc1-n1cnc(C)c1. The summed E-state index contributed by atoms with van der Waals surface area (Å²) in [6.45, 7) is 2.80. The molecule has 33 heavy (non-hydrogen) atoms. The molecule has 1 aromatic heterocycles. The maximum atomic E-state index is 14.4. The van der Waals surface area contributed by atoms with Crippen molar-refractivity contribution in [3.8, 4) is 11.4 Å². The van der Waals surface area contributed by atoms with Gasteiger partial charge in [0, 0.05) is 24.7 Å². The van der Waals surface area contributed by atoms with Crippen LogP contribution in [0.5, 0.6) is 5.75 Å². The van der Waals surface area contributed by atoms with E-state index in [0.29, 0.717) is 12.8 Å². The van der Waals surface area contributed by atoms with Crippen LogP contribution < -0.4 is 4.74 Å². The third-order valence-electron chi connectivity index (χ3n) is 6.88. The van der Waals surface area contributed by atoms with Crippen molar-refractivity contribution in [2.75, 3.05) is 13.7 Å². The van der Waals surface area contributed by atoms with E-state index in [1.165, 1.54) is 6.07 Å². The number of ether oxygens (including phenoxy) is 1. The Balaban J connectivity index is 1.34. The van der Waals surface area contributed by atoms with Gasteiger partial charge in [0.05, 0.1) is 24.8 Å². The van der Waals surface area contributed by atoms with E-state index < -0.39 is 5.72 Å². The van der Waals surface area contributed by atoms with Gasteiger partial charge in [-0.1, -0.05) is 23.4 Å². The van der Waals surface area contributed by atoms with Crippen LogP contribution in [0.2, 0.25) is 0 Å². The van der Waals surface area contributed by atoms with Gasteiger partial charge in [0.2, 0.25) is 5.72 Å². The molecular weight excluding hydrogens is 419 g/mol. The van der Waals surface area contributed by atoms with Gasteiger partial charge in [-0.25, -0.2) is 9.37 Å². The molecule has 1 unspecified atom stereocenters. The molecule has 2 aliphatic heterocycles. The lowest BCUT2D eigenvalue weighted by atomic mass is 9.95. The molecular formula is C26H25FN4O2. The smallest absolute Gasteiger partial charge is 0.237 e. The third kappa shape index (κ3) is 3.06. The highest BCUT2D eigenvalue weighted by Crippen LogP contribution is 2.49. The van der Waals surface area contributed by atoms with Crippen molar-refractivity contribution in [1.29, 1.82) is 0 Å². The lowest BCUT2D eigenvalue weighted by Crippen LogP contribution is -2.47. The van der Waals surface area contributed by atoms with Gasteiger partial charge in [-0.2, -0.15) is 0 Å². The van der Waals surface area contributed by atoms with Gasteiger partial charge < -0.3 is 19.0 Å². The van der Waals surface area contributed by atoms with E-state index in [1.807, 2.05) is 35.9 Å². The number of oxime groups is 1. The van der Waals surface area contributed by atoms with Gasteiger partial charge in [-0.05, 0) is 67.2 Å². The fourth-order valence-electron chi connectivity index (χ4n) is 5.32. The number of aryl methyl sites for hydroxylation is 1. The lowest BCUT2D eigenvalue weighted by molar-refractivity contribution is -0.105. The standard InChI is InChI=1S/C26H25FN4O2/c1-17-15-30(16-28-17)23-9-8-18(14-24(23)32-2)13-19-5-4-12-31-25(19)29-33-26(31)11-10-20-21(26)6-3-7-22(20)27/h3,6-9,13-16H,4-5,10-12H2,1-2H3/b19-13+. The number of piperidine rings is 1. The van der Waals surface area contributed by atoms with Crippen LogP contribution in [0.25, 0.3) is 11.8 Å². The van der Waals surface area contributed by atoms with Crippen molar-refractivity contribution >= 4 is 11.9 Å². The Morgan fingerprint density at radius 1 is 1.21 bits per heavy atom. The van der Waals surface area contributed by atoms with E-state index >= 15 is 0 Å². The third-order valence-corrected chi connectivity index (χ3v) is 6.88. The number of fused-ring (bicyclic) bond motifs is 4. The topological polar surface area (TPSA) is 51.9 Å². The van der Waals surface area contributed by atoms with E-state index in [2.05, 4.69) is 27.2 Å². The summed E-state index contributed by atoms with van der Waals surface area (Å²) in [5, 5.41) is 4.52. The number of imidazole rings is 1. The molecule has 0 bridgehead atoms. The van der Waals surface area contributed by atoms with Crippen LogP contribution in [-0.4, -0.2) is 33.9 Å². The first-order chi connectivity index (χ1) is 16.1. The first-order valence-electron chi connectivity index (χ1n) is 11.3. The first-order valence-corrected chi connectivity index (χ1v) is 11.3. The Labute approximate surface area is 191 Å². The number of hydrogen-bond donors (Lipinski definition) is 0. The zero-order valence-electron chi connectivity index (χ0n) is 18.7. The average Bonchev–Trinajstić information content (AvgIpc) is 3.54. The van der Waals surface area contributed by atoms with Gasteiger partial charge in [-0.15, -0.1) is 0 Å². The number of rotatable bonds is 3.